The summed E-state index contributed by atoms with van der Waals surface area (Å²) >= 11 is 1.60. The number of nitrogens with zero attached hydrogens (tertiary/aromatic N) is 2. The van der Waals surface area contributed by atoms with Crippen LogP contribution in [0.1, 0.15) is 26.2 Å². The fraction of sp³-hybridized carbons (Fsp3) is 0.263. The number of anilines is 1. The molecule has 1 heterocycles. The minimum Gasteiger partial charge on any atom is -0.253 e. The number of hydrogen-bond acceptors (Lipinski definition) is 4. The Bertz CT molecular complexity index is 866. The maximum absolute atomic E-state index is 4.67. The molecular weight excluding hydrogens is 302 g/mol. The molecule has 0 saturated heterocycles. The molecule has 4 rings (SSSR count). The first-order valence-electron chi connectivity index (χ1n) is 8.04. The Morgan fingerprint density at radius 2 is 2.04 bits per heavy atom. The Kier molecular flexibility index (Phi) is 3.83. The number of nitrogens with one attached hydrogen (secondary N) is 1. The molecule has 1 saturated carbocycles. The largest absolute Gasteiger partial charge is 0.253 e. The lowest BCUT2D eigenvalue weighted by molar-refractivity contribution is 0.623. The van der Waals surface area contributed by atoms with E-state index in [2.05, 4.69) is 70.3 Å². The maximum atomic E-state index is 4.67. The van der Waals surface area contributed by atoms with Crippen LogP contribution >= 0.6 is 11.3 Å². The molecule has 4 heteroatoms. The van der Waals surface area contributed by atoms with E-state index >= 15 is 0 Å². The molecule has 0 amide bonds. The van der Waals surface area contributed by atoms with Crippen LogP contribution in [0.5, 0.6) is 0 Å². The Labute approximate surface area is 140 Å². The van der Waals surface area contributed by atoms with Crippen molar-refractivity contribution in [2.45, 2.75) is 26.2 Å². The molecule has 0 aliphatic heterocycles. The fourth-order valence-electron chi connectivity index (χ4n) is 3.05. The lowest BCUT2D eigenvalue weighted by Gasteiger charge is -2.01. The molecule has 1 aromatic heterocycles. The van der Waals surface area contributed by atoms with Gasteiger partial charge in [-0.1, -0.05) is 43.3 Å². The van der Waals surface area contributed by atoms with Crippen molar-refractivity contribution in [1.29, 1.82) is 0 Å². The van der Waals surface area contributed by atoms with Gasteiger partial charge >= 0.3 is 0 Å². The van der Waals surface area contributed by atoms with E-state index in [1.165, 1.54) is 22.9 Å². The van der Waals surface area contributed by atoms with Crippen LogP contribution in [-0.2, 0) is 0 Å². The van der Waals surface area contributed by atoms with Gasteiger partial charge in [-0.05, 0) is 42.0 Å². The second-order valence-electron chi connectivity index (χ2n) is 6.24. The average Bonchev–Trinajstić information content (AvgIpc) is 3.21. The van der Waals surface area contributed by atoms with E-state index < -0.39 is 0 Å². The first kappa shape index (κ1) is 14.4. The quantitative estimate of drug-likeness (QED) is 0.642. The predicted octanol–water partition coefficient (Wildman–Crippen LogP) is 5.55. The zero-order valence-electron chi connectivity index (χ0n) is 13.1. The van der Waals surface area contributed by atoms with Crippen LogP contribution in [0, 0.1) is 5.92 Å². The first-order chi connectivity index (χ1) is 11.3. The molecule has 3 aromatic rings. The van der Waals surface area contributed by atoms with Crippen LogP contribution in [0.2, 0.25) is 0 Å². The average molecular weight is 321 g/mol. The summed E-state index contributed by atoms with van der Waals surface area (Å²) in [5, 5.41) is 9.96. The molecule has 2 aromatic carbocycles. The van der Waals surface area contributed by atoms with E-state index in [1.807, 2.05) is 0 Å². The highest BCUT2D eigenvalue weighted by molar-refractivity contribution is 7.14. The number of hydrogen-bond donors (Lipinski definition) is 1. The lowest BCUT2D eigenvalue weighted by Crippen LogP contribution is -1.97. The van der Waals surface area contributed by atoms with Crippen molar-refractivity contribution in [3.63, 3.8) is 0 Å². The fourth-order valence-corrected chi connectivity index (χ4v) is 3.72. The molecule has 0 spiro atoms. The minimum absolute atomic E-state index is 0.764. The van der Waals surface area contributed by atoms with Crippen molar-refractivity contribution in [2.24, 2.45) is 11.0 Å². The number of aromatic nitrogens is 1. The van der Waals surface area contributed by atoms with E-state index in [0.717, 1.165) is 35.1 Å². The summed E-state index contributed by atoms with van der Waals surface area (Å²) in [6.45, 7) is 2.28. The predicted molar refractivity (Wildman–Crippen MR) is 99.1 cm³/mol. The maximum Gasteiger partial charge on any atom is 0.203 e. The van der Waals surface area contributed by atoms with Crippen LogP contribution in [0.4, 0.5) is 5.13 Å². The molecule has 1 fully saturated rings. The van der Waals surface area contributed by atoms with Crippen LogP contribution in [0.15, 0.2) is 52.9 Å². The number of thiazole rings is 1. The molecule has 1 unspecified atom stereocenters. The van der Waals surface area contributed by atoms with Crippen LogP contribution in [0.3, 0.4) is 0 Å². The van der Waals surface area contributed by atoms with Crippen LogP contribution < -0.4 is 5.43 Å². The topological polar surface area (TPSA) is 37.3 Å². The molecule has 1 N–H and O–H groups in total. The second-order valence-corrected chi connectivity index (χ2v) is 7.10. The molecule has 0 bridgehead atoms. The Hall–Kier alpha value is -2.20. The summed E-state index contributed by atoms with van der Waals surface area (Å²) in [4.78, 5) is 4.67. The molecule has 23 heavy (non-hydrogen) atoms. The van der Waals surface area contributed by atoms with Crippen molar-refractivity contribution in [1.82, 2.24) is 4.98 Å². The summed E-state index contributed by atoms with van der Waals surface area (Å²) in [6, 6.07) is 14.9. The third-order valence-corrected chi connectivity index (χ3v) is 5.12. The van der Waals surface area contributed by atoms with Crippen molar-refractivity contribution >= 4 is 33.0 Å². The normalized spacial score (nSPS) is 19.5. The van der Waals surface area contributed by atoms with E-state index in [0.29, 0.717) is 0 Å². The lowest BCUT2D eigenvalue weighted by atomic mass is 10.1. The summed E-state index contributed by atoms with van der Waals surface area (Å²) in [6.07, 6.45) is 3.47. The van der Waals surface area contributed by atoms with Crippen LogP contribution in [0.25, 0.3) is 22.0 Å². The van der Waals surface area contributed by atoms with Gasteiger partial charge < -0.3 is 0 Å². The standard InChI is InChI=1S/C19H19N3S/c1-13-6-9-17(10-13)21-22-19-20-18(12-23-19)16-8-7-14-4-2-3-5-15(14)11-16/h2-5,7-8,11-13H,6,9-10H2,1H3,(H,20,22)/b21-17+. The minimum atomic E-state index is 0.764. The second kappa shape index (κ2) is 6.13. The number of rotatable bonds is 3. The molecule has 116 valence electrons. The van der Waals surface area contributed by atoms with Gasteiger partial charge in [-0.15, -0.1) is 11.3 Å². The Morgan fingerprint density at radius 3 is 2.87 bits per heavy atom. The van der Waals surface area contributed by atoms with E-state index in [9.17, 15) is 0 Å². The van der Waals surface area contributed by atoms with Gasteiger partial charge in [0.2, 0.25) is 5.13 Å². The molecule has 1 aliphatic carbocycles. The van der Waals surface area contributed by atoms with Crippen LogP contribution in [-0.4, -0.2) is 10.7 Å². The smallest absolute Gasteiger partial charge is 0.203 e. The van der Waals surface area contributed by atoms with Gasteiger partial charge in [0.1, 0.15) is 0 Å². The Balaban J connectivity index is 1.54. The van der Waals surface area contributed by atoms with Gasteiger partial charge in [0, 0.05) is 16.7 Å². The van der Waals surface area contributed by atoms with Crippen molar-refractivity contribution in [3.8, 4) is 11.3 Å². The van der Waals surface area contributed by atoms with Crippen molar-refractivity contribution in [3.05, 3.63) is 47.8 Å². The monoisotopic (exact) mass is 321 g/mol. The zero-order valence-corrected chi connectivity index (χ0v) is 13.9. The molecular formula is C19H19N3S. The SMILES string of the molecule is CC1CC/C(=N\Nc2nc(-c3ccc4ccccc4c3)cs2)C1. The molecule has 1 aliphatic rings. The van der Waals surface area contributed by atoms with Crippen molar-refractivity contribution < 1.29 is 0 Å². The molecule has 1 atom stereocenters. The number of fused-ring (bicyclic) bond motifs is 1. The van der Waals surface area contributed by atoms with Gasteiger partial charge in [0.25, 0.3) is 0 Å². The zero-order chi connectivity index (χ0) is 15.6. The van der Waals surface area contributed by atoms with Crippen molar-refractivity contribution in [2.75, 3.05) is 5.43 Å². The summed E-state index contributed by atoms with van der Waals surface area (Å²) in [7, 11) is 0. The summed E-state index contributed by atoms with van der Waals surface area (Å²) in [5.74, 6) is 0.764. The third kappa shape index (κ3) is 3.13. The van der Waals surface area contributed by atoms with Gasteiger partial charge in [-0.3, -0.25) is 5.43 Å². The molecule has 3 nitrogen and oxygen atoms in total. The van der Waals surface area contributed by atoms with Gasteiger partial charge in [0.05, 0.1) is 5.69 Å². The summed E-state index contributed by atoms with van der Waals surface area (Å²) < 4.78 is 0. The van der Waals surface area contributed by atoms with E-state index in [1.54, 1.807) is 11.3 Å². The number of benzene rings is 2. The van der Waals surface area contributed by atoms with Gasteiger partial charge in [0.15, 0.2) is 0 Å². The first-order valence-corrected chi connectivity index (χ1v) is 8.92. The highest BCUT2D eigenvalue weighted by Gasteiger charge is 2.16. The molecule has 0 radical (unpaired) electrons. The van der Waals surface area contributed by atoms with Gasteiger partial charge in [-0.2, -0.15) is 5.10 Å². The van der Waals surface area contributed by atoms with E-state index in [-0.39, 0.29) is 0 Å². The highest BCUT2D eigenvalue weighted by atomic mass is 32.1. The Morgan fingerprint density at radius 1 is 1.17 bits per heavy atom. The van der Waals surface area contributed by atoms with E-state index in [4.69, 9.17) is 0 Å². The highest BCUT2D eigenvalue weighted by Crippen LogP contribution is 2.28. The summed E-state index contributed by atoms with van der Waals surface area (Å²) in [5.41, 5.74) is 6.54. The third-order valence-electron chi connectivity index (χ3n) is 4.37. The number of hydrazone groups is 1. The van der Waals surface area contributed by atoms with Gasteiger partial charge in [-0.25, -0.2) is 4.98 Å².